The van der Waals surface area contributed by atoms with Gasteiger partial charge >= 0.3 is 12.7 Å². The lowest BCUT2D eigenvalue weighted by molar-refractivity contribution is -0.140. The van der Waals surface area contributed by atoms with Gasteiger partial charge in [-0.3, -0.25) is 5.41 Å². The predicted octanol–water partition coefficient (Wildman–Crippen LogP) is 6.08. The minimum absolute atomic E-state index is 0.0650. The topological polar surface area (TPSA) is 110 Å². The monoisotopic (exact) mass is 540 g/mol. The number of aromatic nitrogens is 5. The number of anilines is 1. The maximum absolute atomic E-state index is 14.0. The lowest BCUT2D eigenvalue weighted by atomic mass is 9.97. The summed E-state index contributed by atoms with van der Waals surface area (Å²) in [5, 5.41) is 15.0. The Hall–Kier alpha value is -4.81. The quantitative estimate of drug-likeness (QED) is 0.132. The molecule has 0 aliphatic heterocycles. The molecule has 0 amide bonds. The van der Waals surface area contributed by atoms with Gasteiger partial charge in [0.1, 0.15) is 11.5 Å². The molecule has 2 aromatic carbocycles. The second-order valence-electron chi connectivity index (χ2n) is 8.58. The Morgan fingerprint density at radius 3 is 2.56 bits per heavy atom. The van der Waals surface area contributed by atoms with Gasteiger partial charge in [0.2, 0.25) is 0 Å². The highest BCUT2D eigenvalue weighted by atomic mass is 19.4. The Morgan fingerprint density at radius 1 is 1.10 bits per heavy atom. The van der Waals surface area contributed by atoms with Crippen molar-refractivity contribution >= 4 is 22.4 Å². The number of nitrogens with one attached hydrogen (secondary N) is 2. The predicted molar refractivity (Wildman–Crippen MR) is 137 cm³/mol. The largest absolute Gasteiger partial charge is 0.433 e. The Balaban J connectivity index is 1.70. The number of hydrogen-bond acceptors (Lipinski definition) is 5. The fourth-order valence-corrected chi connectivity index (χ4v) is 4.29. The third kappa shape index (κ3) is 4.90. The molecule has 0 bridgehead atoms. The van der Waals surface area contributed by atoms with E-state index in [1.165, 1.54) is 23.3 Å². The minimum atomic E-state index is -4.73. The van der Waals surface area contributed by atoms with Crippen LogP contribution >= 0.6 is 0 Å². The molecule has 0 saturated heterocycles. The second-order valence-corrected chi connectivity index (χ2v) is 8.58. The molecule has 0 atom stereocenters. The fraction of sp³-hybridized carbons (Fsp3) is 0.154. The van der Waals surface area contributed by atoms with Crippen molar-refractivity contribution in [2.45, 2.75) is 19.6 Å². The average Bonchev–Trinajstić information content (AvgIpc) is 3.57. The molecule has 3 heterocycles. The number of amidine groups is 1. The maximum atomic E-state index is 14.0. The van der Waals surface area contributed by atoms with E-state index in [0.29, 0.717) is 50.4 Å². The maximum Gasteiger partial charge on any atom is 0.433 e. The first kappa shape index (κ1) is 25.8. The number of rotatable bonds is 7. The Morgan fingerprint density at radius 2 is 1.90 bits per heavy atom. The number of fused-ring (bicyclic) bond motifs is 1. The highest BCUT2D eigenvalue weighted by molar-refractivity contribution is 6.03. The molecule has 39 heavy (non-hydrogen) atoms. The zero-order valence-electron chi connectivity index (χ0n) is 20.3. The smallest absolute Gasteiger partial charge is 0.385 e. The van der Waals surface area contributed by atoms with Crippen LogP contribution in [0.1, 0.15) is 24.7 Å². The summed E-state index contributed by atoms with van der Waals surface area (Å²) in [6.45, 7) is -0.456. The Bertz CT molecular complexity index is 1690. The molecule has 5 rings (SSSR count). The standard InChI is InChI=1S/C26H21F5N8/c1-2-34-19-8-14(6-7-17(19)24(32)33)18-9-22(26(29,30)31)37-23-16(18)4-3-5-21(23)38-12-20(35-13-38)15-10-36-39(11-15)25(27)28/h3-13,25,34H,2H2,1H3,(H3,32,33). The average molecular weight is 540 g/mol. The van der Waals surface area contributed by atoms with Gasteiger partial charge in [-0.05, 0) is 42.3 Å². The van der Waals surface area contributed by atoms with Crippen molar-refractivity contribution in [1.29, 1.82) is 5.41 Å². The van der Waals surface area contributed by atoms with E-state index in [1.54, 1.807) is 36.4 Å². The van der Waals surface area contributed by atoms with Gasteiger partial charge < -0.3 is 15.6 Å². The zero-order valence-corrected chi connectivity index (χ0v) is 20.3. The van der Waals surface area contributed by atoms with Crippen LogP contribution in [0.5, 0.6) is 0 Å². The van der Waals surface area contributed by atoms with E-state index < -0.39 is 18.4 Å². The van der Waals surface area contributed by atoms with Crippen LogP contribution in [0.4, 0.5) is 27.6 Å². The number of para-hydroxylation sites is 1. The molecule has 200 valence electrons. The highest BCUT2D eigenvalue weighted by Crippen LogP contribution is 2.38. The molecule has 0 unspecified atom stereocenters. The van der Waals surface area contributed by atoms with E-state index >= 15 is 0 Å². The summed E-state index contributed by atoms with van der Waals surface area (Å²) in [6.07, 6.45) is 0.506. The molecule has 8 nitrogen and oxygen atoms in total. The lowest BCUT2D eigenvalue weighted by Gasteiger charge is -2.16. The molecule has 0 fully saturated rings. The lowest BCUT2D eigenvalue weighted by Crippen LogP contribution is -2.14. The van der Waals surface area contributed by atoms with Crippen LogP contribution in [-0.4, -0.2) is 36.7 Å². The number of halogens is 5. The molecule has 0 aliphatic rings. The van der Waals surface area contributed by atoms with E-state index in [1.807, 2.05) is 6.92 Å². The summed E-state index contributed by atoms with van der Waals surface area (Å²) in [4.78, 5) is 8.19. The minimum Gasteiger partial charge on any atom is -0.385 e. The first-order valence-corrected chi connectivity index (χ1v) is 11.7. The molecule has 13 heteroatoms. The molecule has 0 saturated carbocycles. The molecular weight excluding hydrogens is 519 g/mol. The number of nitrogens with two attached hydrogens (primary N) is 1. The number of alkyl halides is 5. The third-order valence-corrected chi connectivity index (χ3v) is 6.05. The number of nitrogen functional groups attached to an aromatic ring is 1. The third-order valence-electron chi connectivity index (χ3n) is 6.05. The first-order chi connectivity index (χ1) is 18.6. The van der Waals surface area contributed by atoms with E-state index in [9.17, 15) is 22.0 Å². The number of benzene rings is 2. The summed E-state index contributed by atoms with van der Waals surface area (Å²) < 4.78 is 69.8. The van der Waals surface area contributed by atoms with Crippen LogP contribution in [0.3, 0.4) is 0 Å². The number of pyridine rings is 1. The molecular formula is C26H21F5N8. The Kier molecular flexibility index (Phi) is 6.50. The van der Waals surface area contributed by atoms with Crippen molar-refractivity contribution in [3.8, 4) is 28.1 Å². The molecule has 3 aromatic heterocycles. The van der Waals surface area contributed by atoms with E-state index in [4.69, 9.17) is 11.1 Å². The van der Waals surface area contributed by atoms with Gasteiger partial charge in [0.15, 0.2) is 0 Å². The number of hydrogen-bond donors (Lipinski definition) is 3. The van der Waals surface area contributed by atoms with E-state index in [-0.39, 0.29) is 16.9 Å². The molecule has 0 aliphatic carbocycles. The van der Waals surface area contributed by atoms with Gasteiger partial charge in [-0.1, -0.05) is 18.2 Å². The van der Waals surface area contributed by atoms with E-state index in [0.717, 1.165) is 12.3 Å². The van der Waals surface area contributed by atoms with Gasteiger partial charge in [0.05, 0.1) is 29.4 Å². The van der Waals surface area contributed by atoms with Crippen LogP contribution in [0, 0.1) is 5.41 Å². The summed E-state index contributed by atoms with van der Waals surface area (Å²) in [5.74, 6) is -0.176. The van der Waals surface area contributed by atoms with Crippen molar-refractivity contribution in [3.05, 3.63) is 78.6 Å². The number of imidazole rings is 1. The SMILES string of the molecule is CCNc1cc(-c2cc(C(F)(F)F)nc3c(-n4cnc(-c5cnn(C(F)F)c5)c4)cccc23)ccc1C(=N)N. The van der Waals surface area contributed by atoms with Crippen LogP contribution < -0.4 is 11.1 Å². The van der Waals surface area contributed by atoms with Gasteiger partial charge in [-0.25, -0.2) is 14.6 Å². The van der Waals surface area contributed by atoms with Gasteiger partial charge in [0, 0.05) is 41.1 Å². The normalized spacial score (nSPS) is 11.9. The molecule has 5 aromatic rings. The summed E-state index contributed by atoms with van der Waals surface area (Å²) in [7, 11) is 0. The van der Waals surface area contributed by atoms with Crippen molar-refractivity contribution in [2.24, 2.45) is 5.73 Å². The summed E-state index contributed by atoms with van der Waals surface area (Å²) in [5.41, 5.74) is 7.29. The van der Waals surface area contributed by atoms with Crippen LogP contribution in [0.15, 0.2) is 67.4 Å². The van der Waals surface area contributed by atoms with Gasteiger partial charge in [0.25, 0.3) is 0 Å². The molecule has 4 N–H and O–H groups in total. The highest BCUT2D eigenvalue weighted by Gasteiger charge is 2.34. The van der Waals surface area contributed by atoms with Crippen LogP contribution in [-0.2, 0) is 6.18 Å². The molecule has 0 spiro atoms. The Labute approximate surface area is 218 Å². The first-order valence-electron chi connectivity index (χ1n) is 11.7. The van der Waals surface area contributed by atoms with Crippen molar-refractivity contribution in [2.75, 3.05) is 11.9 Å². The van der Waals surface area contributed by atoms with Gasteiger partial charge in [-0.15, -0.1) is 0 Å². The zero-order chi connectivity index (χ0) is 27.9. The number of nitrogens with zero attached hydrogens (tertiary/aromatic N) is 5. The fourth-order valence-electron chi connectivity index (χ4n) is 4.29. The van der Waals surface area contributed by atoms with Crippen LogP contribution in [0.25, 0.3) is 39.0 Å². The van der Waals surface area contributed by atoms with Gasteiger partial charge in [-0.2, -0.15) is 27.1 Å². The van der Waals surface area contributed by atoms with Crippen LogP contribution in [0.2, 0.25) is 0 Å². The van der Waals surface area contributed by atoms with Crippen molar-refractivity contribution in [3.63, 3.8) is 0 Å². The summed E-state index contributed by atoms with van der Waals surface area (Å²) in [6, 6.07) is 10.8. The van der Waals surface area contributed by atoms with Crippen molar-refractivity contribution < 1.29 is 22.0 Å². The summed E-state index contributed by atoms with van der Waals surface area (Å²) >= 11 is 0. The van der Waals surface area contributed by atoms with Crippen molar-refractivity contribution in [1.82, 2.24) is 24.3 Å². The van der Waals surface area contributed by atoms with E-state index in [2.05, 4.69) is 20.4 Å². The second kappa shape index (κ2) is 9.82. The molecule has 0 radical (unpaired) electrons.